The largest absolute Gasteiger partial charge is 0.496 e. The molecule has 1 unspecified atom stereocenters. The van der Waals surface area contributed by atoms with E-state index in [9.17, 15) is 10.1 Å². The number of nitrogens with zero attached hydrogens (tertiary/aromatic N) is 1. The maximum absolute atomic E-state index is 10.8. The molecule has 7 nitrogen and oxygen atoms in total. The Morgan fingerprint density at radius 1 is 1.42 bits per heavy atom. The van der Waals surface area contributed by atoms with Gasteiger partial charge in [0.2, 0.25) is 0 Å². The number of rotatable bonds is 8. The maximum atomic E-state index is 10.8. The number of nitro groups is 1. The summed E-state index contributed by atoms with van der Waals surface area (Å²) >= 11 is 0. The molecule has 1 aromatic rings. The highest BCUT2D eigenvalue weighted by atomic mass is 16.6. The second kappa shape index (κ2) is 7.55. The highest BCUT2D eigenvalue weighted by Gasteiger charge is 2.13. The van der Waals surface area contributed by atoms with Crippen LogP contribution in [0, 0.1) is 10.1 Å². The highest BCUT2D eigenvalue weighted by molar-refractivity contribution is 5.56. The Kier molecular flexibility index (Phi) is 6.04. The normalized spacial score (nSPS) is 11.9. The van der Waals surface area contributed by atoms with Crippen molar-refractivity contribution in [3.63, 3.8) is 0 Å². The summed E-state index contributed by atoms with van der Waals surface area (Å²) in [6, 6.07) is 4.31. The number of ether oxygens (including phenoxy) is 2. The fourth-order valence-corrected chi connectivity index (χ4v) is 1.68. The van der Waals surface area contributed by atoms with Crippen LogP contribution in [0.15, 0.2) is 18.2 Å². The van der Waals surface area contributed by atoms with E-state index in [2.05, 4.69) is 5.32 Å². The topological polar surface area (TPSA) is 93.9 Å². The van der Waals surface area contributed by atoms with Gasteiger partial charge in [-0.25, -0.2) is 0 Å². The van der Waals surface area contributed by atoms with E-state index in [4.69, 9.17) is 14.6 Å². The van der Waals surface area contributed by atoms with Crippen molar-refractivity contribution in [2.45, 2.75) is 12.5 Å². The van der Waals surface area contributed by atoms with Crippen LogP contribution in [-0.4, -0.2) is 43.5 Å². The number of anilines is 1. The minimum Gasteiger partial charge on any atom is -0.496 e. The Hall–Kier alpha value is -1.86. The number of benzene rings is 1. The van der Waals surface area contributed by atoms with Crippen LogP contribution in [0.4, 0.5) is 11.4 Å². The van der Waals surface area contributed by atoms with E-state index in [0.29, 0.717) is 24.5 Å². The zero-order valence-corrected chi connectivity index (χ0v) is 11.0. The summed E-state index contributed by atoms with van der Waals surface area (Å²) < 4.78 is 10.0. The number of nitrogens with one attached hydrogen (secondary N) is 1. The Bertz CT molecular complexity index is 419. The van der Waals surface area contributed by atoms with Gasteiger partial charge < -0.3 is 19.9 Å². The number of nitro benzene ring substituents is 1. The lowest BCUT2D eigenvalue weighted by Crippen LogP contribution is -2.26. The molecule has 0 aliphatic heterocycles. The molecule has 0 radical (unpaired) electrons. The number of aliphatic hydroxyl groups excluding tert-OH is 1. The molecule has 0 saturated heterocycles. The molecule has 19 heavy (non-hydrogen) atoms. The van der Waals surface area contributed by atoms with Gasteiger partial charge in [0.1, 0.15) is 5.75 Å². The van der Waals surface area contributed by atoms with Gasteiger partial charge in [0.15, 0.2) is 0 Å². The minimum absolute atomic E-state index is 0.00703. The maximum Gasteiger partial charge on any atom is 0.275 e. The Balaban J connectivity index is 2.91. The molecule has 0 amide bonds. The molecule has 1 rings (SSSR count). The molecule has 0 bridgehead atoms. The van der Waals surface area contributed by atoms with Gasteiger partial charge in [0, 0.05) is 31.5 Å². The number of non-ortho nitro benzene ring substituents is 1. The highest BCUT2D eigenvalue weighted by Crippen LogP contribution is 2.26. The zero-order chi connectivity index (χ0) is 14.3. The summed E-state index contributed by atoms with van der Waals surface area (Å²) in [6.45, 7) is 0.401. The molecule has 0 aromatic heterocycles. The van der Waals surface area contributed by atoms with Crippen LogP contribution in [0.3, 0.4) is 0 Å². The van der Waals surface area contributed by atoms with Crippen molar-refractivity contribution in [1.82, 2.24) is 0 Å². The van der Waals surface area contributed by atoms with Crippen LogP contribution in [-0.2, 0) is 4.74 Å². The van der Waals surface area contributed by atoms with Gasteiger partial charge in [-0.2, -0.15) is 0 Å². The third-order valence-corrected chi connectivity index (χ3v) is 2.55. The Morgan fingerprint density at radius 3 is 2.68 bits per heavy atom. The summed E-state index contributed by atoms with van der Waals surface area (Å²) in [6.07, 6.45) is 0.485. The number of aliphatic hydroxyl groups is 1. The lowest BCUT2D eigenvalue weighted by atomic mass is 10.2. The molecule has 1 atom stereocenters. The first-order chi connectivity index (χ1) is 9.10. The average Bonchev–Trinajstić information content (AvgIpc) is 2.38. The predicted molar refractivity (Wildman–Crippen MR) is 70.6 cm³/mol. The van der Waals surface area contributed by atoms with Gasteiger partial charge in [-0.3, -0.25) is 10.1 Å². The van der Waals surface area contributed by atoms with Crippen molar-refractivity contribution in [3.8, 4) is 5.75 Å². The molecule has 2 N–H and O–H groups in total. The standard InChI is InChI=1S/C12H18N2O5/c1-18-8-9(3-4-15)13-10-5-11(14(16)17)7-12(6-10)19-2/h5-7,9,13,15H,3-4,8H2,1-2H3. The molecule has 106 valence electrons. The van der Waals surface area contributed by atoms with Gasteiger partial charge in [0.05, 0.1) is 30.7 Å². The van der Waals surface area contributed by atoms with E-state index in [1.54, 1.807) is 13.2 Å². The first kappa shape index (κ1) is 15.2. The molecule has 7 heteroatoms. The lowest BCUT2D eigenvalue weighted by Gasteiger charge is -2.18. The quantitative estimate of drug-likeness (QED) is 0.548. The third-order valence-electron chi connectivity index (χ3n) is 2.55. The molecule has 0 aliphatic rings. The second-order valence-electron chi connectivity index (χ2n) is 3.99. The van der Waals surface area contributed by atoms with Gasteiger partial charge in [-0.1, -0.05) is 0 Å². The molecule has 0 saturated carbocycles. The van der Waals surface area contributed by atoms with E-state index in [1.807, 2.05) is 0 Å². The first-order valence-corrected chi connectivity index (χ1v) is 5.80. The Morgan fingerprint density at radius 2 is 2.16 bits per heavy atom. The summed E-state index contributed by atoms with van der Waals surface area (Å²) in [5.74, 6) is 0.400. The zero-order valence-electron chi connectivity index (χ0n) is 11.0. The van der Waals surface area contributed by atoms with E-state index in [1.165, 1.54) is 19.2 Å². The SMILES string of the molecule is COCC(CCO)Nc1cc(OC)cc([N+](=O)[O-])c1. The van der Waals surface area contributed by atoms with Crippen LogP contribution < -0.4 is 10.1 Å². The molecular weight excluding hydrogens is 252 g/mol. The van der Waals surface area contributed by atoms with Crippen molar-refractivity contribution < 1.29 is 19.5 Å². The molecular formula is C12H18N2O5. The van der Waals surface area contributed by atoms with E-state index >= 15 is 0 Å². The van der Waals surface area contributed by atoms with Gasteiger partial charge in [-0.15, -0.1) is 0 Å². The van der Waals surface area contributed by atoms with Crippen LogP contribution in [0.1, 0.15) is 6.42 Å². The van der Waals surface area contributed by atoms with Crippen molar-refractivity contribution in [2.24, 2.45) is 0 Å². The predicted octanol–water partition coefficient (Wildman–Crippen LogP) is 1.41. The van der Waals surface area contributed by atoms with Crippen molar-refractivity contribution >= 4 is 11.4 Å². The lowest BCUT2D eigenvalue weighted by molar-refractivity contribution is -0.384. The molecule has 0 aliphatic carbocycles. The second-order valence-corrected chi connectivity index (χ2v) is 3.99. The van der Waals surface area contributed by atoms with Gasteiger partial charge in [-0.05, 0) is 6.42 Å². The number of hydrogen-bond acceptors (Lipinski definition) is 6. The third kappa shape index (κ3) is 4.72. The summed E-state index contributed by atoms with van der Waals surface area (Å²) in [7, 11) is 3.00. The van der Waals surface area contributed by atoms with Crippen LogP contribution >= 0.6 is 0 Å². The molecule has 0 heterocycles. The van der Waals surface area contributed by atoms with E-state index in [-0.39, 0.29) is 18.3 Å². The van der Waals surface area contributed by atoms with Crippen LogP contribution in [0.2, 0.25) is 0 Å². The fraction of sp³-hybridized carbons (Fsp3) is 0.500. The Labute approximate surface area is 111 Å². The van der Waals surface area contributed by atoms with E-state index in [0.717, 1.165) is 0 Å². The fourth-order valence-electron chi connectivity index (χ4n) is 1.68. The van der Waals surface area contributed by atoms with Crippen molar-refractivity contribution in [1.29, 1.82) is 0 Å². The molecule has 1 aromatic carbocycles. The van der Waals surface area contributed by atoms with Crippen molar-refractivity contribution in [3.05, 3.63) is 28.3 Å². The summed E-state index contributed by atoms with van der Waals surface area (Å²) in [4.78, 5) is 10.3. The number of hydrogen-bond donors (Lipinski definition) is 2. The smallest absolute Gasteiger partial charge is 0.275 e. The van der Waals surface area contributed by atoms with E-state index < -0.39 is 4.92 Å². The monoisotopic (exact) mass is 270 g/mol. The summed E-state index contributed by atoms with van der Waals surface area (Å²) in [5, 5.41) is 22.9. The van der Waals surface area contributed by atoms with Crippen LogP contribution in [0.5, 0.6) is 5.75 Å². The molecule has 0 fully saturated rings. The van der Waals surface area contributed by atoms with Crippen molar-refractivity contribution in [2.75, 3.05) is 32.8 Å². The van der Waals surface area contributed by atoms with Gasteiger partial charge >= 0.3 is 0 Å². The minimum atomic E-state index is -0.481. The number of methoxy groups -OCH3 is 2. The average molecular weight is 270 g/mol. The molecule has 0 spiro atoms. The van der Waals surface area contributed by atoms with Gasteiger partial charge in [0.25, 0.3) is 5.69 Å². The summed E-state index contributed by atoms with van der Waals surface area (Å²) in [5.41, 5.74) is 0.503. The van der Waals surface area contributed by atoms with Crippen LogP contribution in [0.25, 0.3) is 0 Å². The first-order valence-electron chi connectivity index (χ1n) is 5.80.